The fourth-order valence-electron chi connectivity index (χ4n) is 4.62. The van der Waals surface area contributed by atoms with Gasteiger partial charge in [0, 0.05) is 18.2 Å². The van der Waals surface area contributed by atoms with Gasteiger partial charge in [0.25, 0.3) is 11.8 Å². The van der Waals surface area contributed by atoms with E-state index in [9.17, 15) is 9.59 Å². The van der Waals surface area contributed by atoms with E-state index in [-0.39, 0.29) is 17.4 Å². The van der Waals surface area contributed by atoms with Crippen molar-refractivity contribution < 1.29 is 19.1 Å². The highest BCUT2D eigenvalue weighted by Crippen LogP contribution is 2.42. The summed E-state index contributed by atoms with van der Waals surface area (Å²) >= 11 is 0. The van der Waals surface area contributed by atoms with E-state index in [0.29, 0.717) is 57.5 Å². The van der Waals surface area contributed by atoms with Gasteiger partial charge < -0.3 is 25.1 Å². The highest BCUT2D eigenvalue weighted by Gasteiger charge is 2.30. The summed E-state index contributed by atoms with van der Waals surface area (Å²) in [5.41, 5.74) is 4.14. The van der Waals surface area contributed by atoms with Crippen molar-refractivity contribution in [3.05, 3.63) is 77.1 Å². The Balaban J connectivity index is 1.66. The smallest absolute Gasteiger partial charge is 0.258 e. The van der Waals surface area contributed by atoms with E-state index in [4.69, 9.17) is 14.5 Å². The normalized spacial score (nSPS) is 14.1. The molecule has 0 spiro atoms. The number of nitrogens with zero attached hydrogens (tertiary/aromatic N) is 2. The Morgan fingerprint density at radius 3 is 2.45 bits per heavy atom. The monoisotopic (exact) mass is 511 g/mol. The highest BCUT2D eigenvalue weighted by atomic mass is 16.5. The number of carbonyl (C=O) groups excluding carboxylic acids is 2. The van der Waals surface area contributed by atoms with Crippen molar-refractivity contribution in [2.24, 2.45) is 4.99 Å². The van der Waals surface area contributed by atoms with Crippen LogP contribution in [0.4, 0.5) is 5.69 Å². The third kappa shape index (κ3) is 4.47. The number of aromatic amines is 1. The number of hydrogen-bond donors (Lipinski definition) is 3. The van der Waals surface area contributed by atoms with Crippen molar-refractivity contribution in [1.29, 1.82) is 0 Å². The number of imidazole rings is 1. The second kappa shape index (κ2) is 9.66. The Morgan fingerprint density at radius 1 is 1.00 bits per heavy atom. The number of ether oxygens (including phenoxy) is 2. The zero-order chi connectivity index (χ0) is 27.0. The minimum absolute atomic E-state index is 0.294. The van der Waals surface area contributed by atoms with E-state index >= 15 is 0 Å². The molecule has 0 saturated heterocycles. The maximum Gasteiger partial charge on any atom is 0.258 e. The van der Waals surface area contributed by atoms with Crippen LogP contribution in [0.1, 0.15) is 46.0 Å². The second-order valence-corrected chi connectivity index (χ2v) is 9.69. The van der Waals surface area contributed by atoms with Gasteiger partial charge in [0.05, 0.1) is 35.0 Å². The average Bonchev–Trinajstić information content (AvgIpc) is 3.48. The zero-order valence-corrected chi connectivity index (χ0v) is 21.9. The molecule has 9 heteroatoms. The minimum Gasteiger partial charge on any atom is -0.494 e. The first-order chi connectivity index (χ1) is 18.2. The Kier molecular flexibility index (Phi) is 6.36. The minimum atomic E-state index is -0.363. The summed E-state index contributed by atoms with van der Waals surface area (Å²) in [6.45, 7) is 6.28. The molecule has 3 N–H and O–H groups in total. The molecule has 5 rings (SSSR count). The number of aliphatic imine (C=N–C) groups is 1. The molecule has 3 aromatic carbocycles. The summed E-state index contributed by atoms with van der Waals surface area (Å²) in [5.74, 6) is 0.905. The Hall–Kier alpha value is -4.66. The number of fused-ring (bicyclic) bond motifs is 1. The van der Waals surface area contributed by atoms with E-state index < -0.39 is 0 Å². The largest absolute Gasteiger partial charge is 0.494 e. The number of methoxy groups -OCH3 is 1. The quantitative estimate of drug-likeness (QED) is 0.346. The Morgan fingerprint density at radius 2 is 1.76 bits per heavy atom. The molecule has 194 valence electrons. The molecule has 1 aromatic heterocycles. The molecule has 2 heterocycles. The molecule has 0 radical (unpaired) electrons. The number of carbonyl (C=O) groups is 2. The summed E-state index contributed by atoms with van der Waals surface area (Å²) < 4.78 is 11.8. The zero-order valence-electron chi connectivity index (χ0n) is 21.9. The number of hydrogen-bond acceptors (Lipinski definition) is 6. The lowest BCUT2D eigenvalue weighted by Crippen LogP contribution is -2.20. The number of nitrogens with one attached hydrogen (secondary N) is 3. The van der Waals surface area contributed by atoms with Gasteiger partial charge in [-0.1, -0.05) is 24.3 Å². The van der Waals surface area contributed by atoms with Crippen LogP contribution in [0.5, 0.6) is 5.75 Å². The molecule has 0 atom stereocenters. The highest BCUT2D eigenvalue weighted by molar-refractivity contribution is 6.14. The van der Waals surface area contributed by atoms with Crippen LogP contribution >= 0.6 is 0 Å². The number of para-hydroxylation sites is 1. The summed E-state index contributed by atoms with van der Waals surface area (Å²) in [7, 11) is 3.08. The third-order valence-corrected chi connectivity index (χ3v) is 6.35. The van der Waals surface area contributed by atoms with Crippen LogP contribution < -0.4 is 15.4 Å². The topological polar surface area (TPSA) is 118 Å². The molecule has 2 amide bonds. The molecule has 1 aliphatic heterocycles. The molecule has 0 aliphatic carbocycles. The fourth-order valence-corrected chi connectivity index (χ4v) is 4.62. The summed E-state index contributed by atoms with van der Waals surface area (Å²) in [4.78, 5) is 38.8. The van der Waals surface area contributed by atoms with Crippen LogP contribution in [0, 0.1) is 6.92 Å². The number of aromatic nitrogens is 2. The lowest BCUT2D eigenvalue weighted by Gasteiger charge is -2.20. The first-order valence-electron chi connectivity index (χ1n) is 12.2. The molecule has 4 aromatic rings. The van der Waals surface area contributed by atoms with Gasteiger partial charge in [-0.3, -0.25) is 9.59 Å². The van der Waals surface area contributed by atoms with E-state index in [1.165, 1.54) is 7.11 Å². The van der Waals surface area contributed by atoms with E-state index in [1.807, 2.05) is 51.1 Å². The standard InChI is InChI=1S/C29H29N5O4/c1-16-31-21-12-8-11-20(24(21)32-16)27(36)33-22-14-13-19(26(35)30-4)23(25(22)37-5)17-9-6-7-10-18(17)28-34-29(2,3)15-38-28/h6-14H,15H2,1-5H3,(H,30,35)(H,31,32)(H,33,36). The van der Waals surface area contributed by atoms with Crippen LogP contribution in [0.2, 0.25) is 0 Å². The number of amides is 2. The third-order valence-electron chi connectivity index (χ3n) is 6.35. The number of anilines is 1. The van der Waals surface area contributed by atoms with Gasteiger partial charge in [-0.2, -0.15) is 0 Å². The van der Waals surface area contributed by atoms with Crippen LogP contribution in [-0.4, -0.2) is 54.0 Å². The van der Waals surface area contributed by atoms with E-state index in [0.717, 1.165) is 11.1 Å². The van der Waals surface area contributed by atoms with Crippen LogP contribution in [0.15, 0.2) is 59.6 Å². The van der Waals surface area contributed by atoms with Crippen molar-refractivity contribution in [2.75, 3.05) is 26.1 Å². The fraction of sp³-hybridized carbons (Fsp3) is 0.241. The summed E-state index contributed by atoms with van der Waals surface area (Å²) in [5, 5.41) is 5.66. The summed E-state index contributed by atoms with van der Waals surface area (Å²) in [6.07, 6.45) is 0. The molecule has 0 unspecified atom stereocenters. The number of benzene rings is 3. The van der Waals surface area contributed by atoms with Crippen LogP contribution in [-0.2, 0) is 4.74 Å². The lowest BCUT2D eigenvalue weighted by atomic mass is 9.92. The van der Waals surface area contributed by atoms with Crippen molar-refractivity contribution in [2.45, 2.75) is 26.3 Å². The molecular weight excluding hydrogens is 482 g/mol. The predicted molar refractivity (Wildman–Crippen MR) is 147 cm³/mol. The van der Waals surface area contributed by atoms with Gasteiger partial charge in [0.1, 0.15) is 17.9 Å². The SMILES string of the molecule is CNC(=O)c1ccc(NC(=O)c2cccc3[nH]c(C)nc23)c(OC)c1-c1ccccc1C1=NC(C)(C)CO1. The van der Waals surface area contributed by atoms with Crippen LogP contribution in [0.3, 0.4) is 0 Å². The van der Waals surface area contributed by atoms with Crippen molar-refractivity contribution in [3.8, 4) is 16.9 Å². The molecule has 1 aliphatic rings. The van der Waals surface area contributed by atoms with Crippen molar-refractivity contribution >= 4 is 34.4 Å². The molecule has 0 fully saturated rings. The van der Waals surface area contributed by atoms with E-state index in [1.54, 1.807) is 31.3 Å². The number of rotatable bonds is 6. The maximum absolute atomic E-state index is 13.4. The number of aryl methyl sites for hydroxylation is 1. The molecule has 0 bridgehead atoms. The van der Waals surface area contributed by atoms with Crippen molar-refractivity contribution in [3.63, 3.8) is 0 Å². The van der Waals surface area contributed by atoms with Crippen molar-refractivity contribution in [1.82, 2.24) is 15.3 Å². The average molecular weight is 512 g/mol. The first-order valence-corrected chi connectivity index (χ1v) is 12.2. The first kappa shape index (κ1) is 25.0. The lowest BCUT2D eigenvalue weighted by molar-refractivity contribution is 0.0962. The van der Waals surface area contributed by atoms with Gasteiger partial charge in [-0.25, -0.2) is 9.98 Å². The molecule has 9 nitrogen and oxygen atoms in total. The molecule has 38 heavy (non-hydrogen) atoms. The van der Waals surface area contributed by atoms with Gasteiger partial charge in [-0.15, -0.1) is 0 Å². The van der Waals surface area contributed by atoms with Gasteiger partial charge in [-0.05, 0) is 56.7 Å². The molecule has 0 saturated carbocycles. The second-order valence-electron chi connectivity index (χ2n) is 9.69. The molecular formula is C29H29N5O4. The predicted octanol–water partition coefficient (Wildman–Crippen LogP) is 4.71. The summed E-state index contributed by atoms with van der Waals surface area (Å²) in [6, 6.07) is 16.3. The Labute approximate surface area is 220 Å². The Bertz CT molecular complexity index is 1600. The van der Waals surface area contributed by atoms with Gasteiger partial charge in [0.15, 0.2) is 5.75 Å². The maximum atomic E-state index is 13.4. The van der Waals surface area contributed by atoms with Crippen LogP contribution in [0.25, 0.3) is 22.2 Å². The van der Waals surface area contributed by atoms with Gasteiger partial charge in [0.2, 0.25) is 5.90 Å². The number of H-pyrrole nitrogens is 1. The van der Waals surface area contributed by atoms with E-state index in [2.05, 4.69) is 20.6 Å². The van der Waals surface area contributed by atoms with Gasteiger partial charge >= 0.3 is 0 Å².